The number of carbonyl (C=O) groups is 1. The fourth-order valence-electron chi connectivity index (χ4n) is 2.09. The lowest BCUT2D eigenvalue weighted by atomic mass is 10.1. The van der Waals surface area contributed by atoms with Gasteiger partial charge in [-0.05, 0) is 26.3 Å². The van der Waals surface area contributed by atoms with E-state index >= 15 is 0 Å². The summed E-state index contributed by atoms with van der Waals surface area (Å²) in [6.07, 6.45) is 0. The molecule has 0 atom stereocenters. The van der Waals surface area contributed by atoms with Gasteiger partial charge in [0.2, 0.25) is 0 Å². The van der Waals surface area contributed by atoms with Gasteiger partial charge in [-0.25, -0.2) is 9.78 Å². The first-order valence-electron chi connectivity index (χ1n) is 6.92. The van der Waals surface area contributed by atoms with Crippen LogP contribution < -0.4 is 4.90 Å². The molecular weight excluding hydrogens is 284 g/mol. The molecule has 0 aliphatic carbocycles. The van der Waals surface area contributed by atoms with Gasteiger partial charge in [0.1, 0.15) is 0 Å². The van der Waals surface area contributed by atoms with Crippen LogP contribution in [0.1, 0.15) is 33.4 Å². The average Bonchev–Trinajstić information content (AvgIpc) is 2.81. The first-order valence-corrected chi connectivity index (χ1v) is 7.74. The summed E-state index contributed by atoms with van der Waals surface area (Å²) in [5.74, 6) is -0.346. The fourth-order valence-corrected chi connectivity index (χ4v) is 2.94. The van der Waals surface area contributed by atoms with Crippen LogP contribution in [0, 0.1) is 13.8 Å². The maximum absolute atomic E-state index is 11.8. The minimum atomic E-state index is -0.346. The Hall–Kier alpha value is -1.88. The van der Waals surface area contributed by atoms with Crippen LogP contribution >= 0.6 is 11.3 Å². The Kier molecular flexibility index (Phi) is 4.96. The molecule has 0 saturated carbocycles. The van der Waals surface area contributed by atoms with E-state index in [1.54, 1.807) is 6.92 Å². The number of hydrogen-bond acceptors (Lipinski definition) is 5. The van der Waals surface area contributed by atoms with Gasteiger partial charge in [-0.3, -0.25) is 0 Å². The van der Waals surface area contributed by atoms with E-state index in [9.17, 15) is 4.79 Å². The van der Waals surface area contributed by atoms with Crippen molar-refractivity contribution in [1.82, 2.24) is 4.98 Å². The summed E-state index contributed by atoms with van der Waals surface area (Å²) in [5.41, 5.74) is 2.89. The van der Waals surface area contributed by atoms with Crippen molar-refractivity contribution in [3.8, 4) is 0 Å². The zero-order chi connectivity index (χ0) is 15.4. The Morgan fingerprint density at radius 1 is 1.38 bits per heavy atom. The van der Waals surface area contributed by atoms with Crippen molar-refractivity contribution in [1.29, 1.82) is 0 Å². The summed E-state index contributed by atoms with van der Waals surface area (Å²) in [6.45, 7) is 6.90. The van der Waals surface area contributed by atoms with E-state index in [1.165, 1.54) is 22.5 Å². The Morgan fingerprint density at radius 3 is 2.81 bits per heavy atom. The van der Waals surface area contributed by atoms with Crippen LogP contribution in [0.2, 0.25) is 0 Å². The number of rotatable bonds is 5. The first kappa shape index (κ1) is 15.5. The predicted octanol–water partition coefficient (Wildman–Crippen LogP) is 3.57. The second kappa shape index (κ2) is 6.72. The third-order valence-corrected chi connectivity index (χ3v) is 4.17. The summed E-state index contributed by atoms with van der Waals surface area (Å²) >= 11 is 1.51. The van der Waals surface area contributed by atoms with Gasteiger partial charge in [-0.15, -0.1) is 11.3 Å². The third kappa shape index (κ3) is 3.82. The molecule has 0 radical (unpaired) electrons. The van der Waals surface area contributed by atoms with Crippen molar-refractivity contribution in [2.45, 2.75) is 27.3 Å². The molecule has 21 heavy (non-hydrogen) atoms. The molecule has 0 amide bonds. The lowest BCUT2D eigenvalue weighted by Gasteiger charge is -2.15. The molecule has 4 nitrogen and oxygen atoms in total. The maximum atomic E-state index is 11.8. The Balaban J connectivity index is 2.14. The number of aryl methyl sites for hydroxylation is 2. The molecule has 112 valence electrons. The third-order valence-electron chi connectivity index (χ3n) is 3.08. The second-order valence-corrected chi connectivity index (χ2v) is 6.15. The van der Waals surface area contributed by atoms with Gasteiger partial charge < -0.3 is 9.64 Å². The number of hydrogen-bond donors (Lipinski definition) is 0. The SMILES string of the molecule is CCOC(=O)c1nc(N(C)Cc2cccc(C)c2)sc1C. The molecule has 0 aliphatic heterocycles. The standard InChI is InChI=1S/C16H20N2O2S/c1-5-20-15(19)14-12(3)21-16(17-14)18(4)10-13-8-6-7-11(2)9-13/h6-9H,5,10H2,1-4H3. The highest BCUT2D eigenvalue weighted by molar-refractivity contribution is 7.15. The number of thiazole rings is 1. The molecule has 0 unspecified atom stereocenters. The van der Waals surface area contributed by atoms with E-state index in [-0.39, 0.29) is 5.97 Å². The molecule has 0 fully saturated rings. The van der Waals surface area contributed by atoms with E-state index in [2.05, 4.69) is 41.1 Å². The number of nitrogens with zero attached hydrogens (tertiary/aromatic N) is 2. The van der Waals surface area contributed by atoms with Gasteiger partial charge >= 0.3 is 5.97 Å². The molecule has 0 N–H and O–H groups in total. The second-order valence-electron chi connectivity index (χ2n) is 4.97. The Morgan fingerprint density at radius 2 is 2.14 bits per heavy atom. The van der Waals surface area contributed by atoms with E-state index in [4.69, 9.17) is 4.74 Å². The van der Waals surface area contributed by atoms with Crippen LogP contribution in [0.15, 0.2) is 24.3 Å². The maximum Gasteiger partial charge on any atom is 0.358 e. The zero-order valence-electron chi connectivity index (χ0n) is 12.8. The summed E-state index contributed by atoms with van der Waals surface area (Å²) in [6, 6.07) is 8.38. The number of aromatic nitrogens is 1. The highest BCUT2D eigenvalue weighted by Gasteiger charge is 2.18. The summed E-state index contributed by atoms with van der Waals surface area (Å²) in [5, 5.41) is 0.831. The van der Waals surface area contributed by atoms with Crippen LogP contribution in [0.4, 0.5) is 5.13 Å². The molecule has 0 aliphatic rings. The van der Waals surface area contributed by atoms with Gasteiger partial charge in [0.05, 0.1) is 6.61 Å². The molecular formula is C16H20N2O2S. The molecule has 2 rings (SSSR count). The summed E-state index contributed by atoms with van der Waals surface area (Å²) in [7, 11) is 1.98. The van der Waals surface area contributed by atoms with Crippen molar-refractivity contribution in [2.24, 2.45) is 0 Å². The molecule has 5 heteroatoms. The zero-order valence-corrected chi connectivity index (χ0v) is 13.7. The van der Waals surface area contributed by atoms with E-state index in [1.807, 2.05) is 14.0 Å². The monoisotopic (exact) mass is 304 g/mol. The Bertz CT molecular complexity index is 637. The largest absolute Gasteiger partial charge is 0.461 e. The van der Waals surface area contributed by atoms with E-state index in [0.717, 1.165) is 16.6 Å². The predicted molar refractivity (Wildman–Crippen MR) is 86.1 cm³/mol. The lowest BCUT2D eigenvalue weighted by molar-refractivity contribution is 0.0519. The summed E-state index contributed by atoms with van der Waals surface area (Å²) < 4.78 is 5.02. The van der Waals surface area contributed by atoms with Gasteiger partial charge in [-0.2, -0.15) is 0 Å². The molecule has 0 spiro atoms. The van der Waals surface area contributed by atoms with Crippen molar-refractivity contribution < 1.29 is 9.53 Å². The number of anilines is 1. The van der Waals surface area contributed by atoms with Crippen molar-refractivity contribution >= 4 is 22.4 Å². The van der Waals surface area contributed by atoms with Crippen LogP contribution in [-0.2, 0) is 11.3 Å². The highest BCUT2D eigenvalue weighted by Crippen LogP contribution is 2.26. The summed E-state index contributed by atoms with van der Waals surface area (Å²) in [4.78, 5) is 19.2. The van der Waals surface area contributed by atoms with Gasteiger partial charge in [-0.1, -0.05) is 29.8 Å². The quantitative estimate of drug-likeness (QED) is 0.792. The molecule has 0 bridgehead atoms. The minimum Gasteiger partial charge on any atom is -0.461 e. The highest BCUT2D eigenvalue weighted by atomic mass is 32.1. The van der Waals surface area contributed by atoms with Crippen molar-refractivity contribution in [2.75, 3.05) is 18.6 Å². The smallest absolute Gasteiger partial charge is 0.358 e. The molecule has 1 aromatic heterocycles. The number of benzene rings is 1. The number of esters is 1. The van der Waals surface area contributed by atoms with Gasteiger partial charge in [0.15, 0.2) is 10.8 Å². The molecule has 0 saturated heterocycles. The van der Waals surface area contributed by atoms with Crippen LogP contribution in [0.25, 0.3) is 0 Å². The topological polar surface area (TPSA) is 42.4 Å². The number of ether oxygens (including phenoxy) is 1. The molecule has 1 aromatic carbocycles. The van der Waals surface area contributed by atoms with Gasteiger partial charge in [0, 0.05) is 18.5 Å². The minimum absolute atomic E-state index is 0.346. The van der Waals surface area contributed by atoms with Crippen LogP contribution in [0.5, 0.6) is 0 Å². The van der Waals surface area contributed by atoms with E-state index < -0.39 is 0 Å². The van der Waals surface area contributed by atoms with Crippen molar-refractivity contribution in [3.63, 3.8) is 0 Å². The average molecular weight is 304 g/mol. The number of carbonyl (C=O) groups excluding carboxylic acids is 1. The normalized spacial score (nSPS) is 10.5. The molecule has 1 heterocycles. The molecule has 2 aromatic rings. The van der Waals surface area contributed by atoms with Crippen molar-refractivity contribution in [3.05, 3.63) is 46.0 Å². The van der Waals surface area contributed by atoms with Crippen LogP contribution in [0.3, 0.4) is 0 Å². The first-order chi connectivity index (χ1) is 10.0. The van der Waals surface area contributed by atoms with E-state index in [0.29, 0.717) is 12.3 Å². The van der Waals surface area contributed by atoms with Crippen LogP contribution in [-0.4, -0.2) is 24.6 Å². The lowest BCUT2D eigenvalue weighted by Crippen LogP contribution is -2.16. The Labute approximate surface area is 129 Å². The van der Waals surface area contributed by atoms with Gasteiger partial charge in [0.25, 0.3) is 0 Å². The fraction of sp³-hybridized carbons (Fsp3) is 0.375.